The molecule has 4 heteroatoms. The van der Waals surface area contributed by atoms with Crippen LogP contribution in [0.5, 0.6) is 0 Å². The molecule has 0 saturated heterocycles. The quantitative estimate of drug-likeness (QED) is 0.211. The fourth-order valence-electron chi connectivity index (χ4n) is 9.54. The Morgan fingerprint density at radius 1 is 0.694 bits per heavy atom. The standard InChI is InChI=1S/C45H38N4/c1-44(2)33-15-7-5-13-28(33)30-21-22-39-40(41(30)44)32-20-19-31-29-14-6-8-16-34(29)45(3,4)42(31)43(32)49(39)27-25-37(35-17-9-11-23-46-35)48-38(26-27)36-18-10-12-24-47-36/h5-18,21-26,37,48H,19-20H2,1-4H3. The summed E-state index contributed by atoms with van der Waals surface area (Å²) in [5.41, 5.74) is 19.3. The lowest BCUT2D eigenvalue weighted by molar-refractivity contribution is 0.665. The molecule has 3 aromatic carbocycles. The maximum atomic E-state index is 4.82. The number of benzene rings is 3. The number of hydrogen-bond donors (Lipinski definition) is 1. The summed E-state index contributed by atoms with van der Waals surface area (Å²) >= 11 is 0. The van der Waals surface area contributed by atoms with E-state index in [1.807, 2.05) is 24.5 Å². The van der Waals surface area contributed by atoms with Gasteiger partial charge in [0.25, 0.3) is 0 Å². The van der Waals surface area contributed by atoms with Crippen molar-refractivity contribution in [3.8, 4) is 11.1 Å². The number of allylic oxidation sites excluding steroid dienone is 4. The van der Waals surface area contributed by atoms with Crippen molar-refractivity contribution in [3.63, 3.8) is 0 Å². The van der Waals surface area contributed by atoms with Gasteiger partial charge in [-0.25, -0.2) is 0 Å². The molecule has 4 heterocycles. The number of dihydropyridines is 1. The zero-order valence-electron chi connectivity index (χ0n) is 28.4. The molecule has 0 amide bonds. The van der Waals surface area contributed by atoms with E-state index < -0.39 is 0 Å². The summed E-state index contributed by atoms with van der Waals surface area (Å²) in [5, 5.41) is 5.21. The third kappa shape index (κ3) is 3.86. The number of hydrogen-bond acceptors (Lipinski definition) is 3. The van der Waals surface area contributed by atoms with Crippen LogP contribution in [0.2, 0.25) is 0 Å². The monoisotopic (exact) mass is 634 g/mol. The largest absolute Gasteiger partial charge is 0.371 e. The van der Waals surface area contributed by atoms with Crippen molar-refractivity contribution in [1.29, 1.82) is 0 Å². The van der Waals surface area contributed by atoms with E-state index in [1.165, 1.54) is 66.7 Å². The van der Waals surface area contributed by atoms with Crippen molar-refractivity contribution in [3.05, 3.63) is 167 Å². The van der Waals surface area contributed by atoms with Gasteiger partial charge in [0.2, 0.25) is 0 Å². The topological polar surface area (TPSA) is 42.7 Å². The maximum absolute atomic E-state index is 4.82. The fraction of sp³-hybridized carbons (Fsp3) is 0.200. The molecule has 0 spiro atoms. The van der Waals surface area contributed by atoms with Crippen molar-refractivity contribution >= 4 is 33.4 Å². The minimum absolute atomic E-state index is 0.118. The van der Waals surface area contributed by atoms with Crippen LogP contribution in [0.1, 0.15) is 85.1 Å². The van der Waals surface area contributed by atoms with Gasteiger partial charge in [-0.05, 0) is 105 Å². The Hall–Kier alpha value is -5.48. The molecule has 0 radical (unpaired) electrons. The molecule has 3 aliphatic carbocycles. The van der Waals surface area contributed by atoms with E-state index in [9.17, 15) is 0 Å². The second kappa shape index (κ2) is 10.0. The lowest BCUT2D eigenvalue weighted by atomic mass is 9.75. The summed E-state index contributed by atoms with van der Waals surface area (Å²) in [6.45, 7) is 9.70. The Labute approximate surface area is 287 Å². The summed E-state index contributed by atoms with van der Waals surface area (Å²) in [5.74, 6) is 0. The Morgan fingerprint density at radius 3 is 2.16 bits per heavy atom. The van der Waals surface area contributed by atoms with Crippen LogP contribution in [-0.2, 0) is 17.3 Å². The summed E-state index contributed by atoms with van der Waals surface area (Å²) in [4.78, 5) is 9.61. The van der Waals surface area contributed by atoms with Crippen LogP contribution in [-0.4, -0.2) is 14.5 Å². The molecule has 1 atom stereocenters. The zero-order valence-corrected chi connectivity index (χ0v) is 28.4. The second-order valence-corrected chi connectivity index (χ2v) is 15.0. The van der Waals surface area contributed by atoms with Crippen LogP contribution in [0.25, 0.3) is 44.6 Å². The van der Waals surface area contributed by atoms with Crippen molar-refractivity contribution in [2.75, 3.05) is 0 Å². The smallest absolute Gasteiger partial charge is 0.0893 e. The first-order valence-electron chi connectivity index (χ1n) is 17.5. The van der Waals surface area contributed by atoms with Gasteiger partial charge in [-0.1, -0.05) is 94.4 Å². The highest BCUT2D eigenvalue weighted by molar-refractivity contribution is 6.10. The number of rotatable bonds is 3. The van der Waals surface area contributed by atoms with Crippen molar-refractivity contribution in [2.24, 2.45) is 0 Å². The second-order valence-electron chi connectivity index (χ2n) is 15.0. The Bertz CT molecular complexity index is 2450. The first-order chi connectivity index (χ1) is 23.8. The van der Waals surface area contributed by atoms with E-state index in [2.05, 4.69) is 135 Å². The van der Waals surface area contributed by atoms with Crippen molar-refractivity contribution < 1.29 is 0 Å². The average Bonchev–Trinajstić information content (AvgIpc) is 3.69. The van der Waals surface area contributed by atoms with Crippen LogP contribution >= 0.6 is 0 Å². The molecule has 6 aromatic rings. The van der Waals surface area contributed by atoms with E-state index >= 15 is 0 Å². The van der Waals surface area contributed by atoms with Crippen molar-refractivity contribution in [2.45, 2.75) is 57.4 Å². The van der Waals surface area contributed by atoms with E-state index in [4.69, 9.17) is 9.97 Å². The van der Waals surface area contributed by atoms with Gasteiger partial charge in [-0.2, -0.15) is 0 Å². The molecule has 49 heavy (non-hydrogen) atoms. The van der Waals surface area contributed by atoms with Crippen molar-refractivity contribution in [1.82, 2.24) is 19.9 Å². The van der Waals surface area contributed by atoms with Gasteiger partial charge in [0, 0.05) is 34.3 Å². The summed E-state index contributed by atoms with van der Waals surface area (Å²) in [6, 6.07) is 35.1. The number of nitrogens with one attached hydrogen (secondary N) is 1. The molecule has 1 unspecified atom stereocenters. The maximum Gasteiger partial charge on any atom is 0.0893 e. The van der Waals surface area contributed by atoms with Crippen LogP contribution < -0.4 is 5.32 Å². The lowest BCUT2D eigenvalue weighted by Crippen LogP contribution is -2.25. The van der Waals surface area contributed by atoms with Gasteiger partial charge < -0.3 is 9.88 Å². The predicted molar refractivity (Wildman–Crippen MR) is 201 cm³/mol. The highest BCUT2D eigenvalue weighted by Crippen LogP contribution is 2.59. The number of pyridine rings is 2. The number of aromatic nitrogens is 3. The van der Waals surface area contributed by atoms with Gasteiger partial charge in [-0.3, -0.25) is 9.97 Å². The number of aryl methyl sites for hydroxylation is 1. The average molecular weight is 635 g/mol. The van der Waals surface area contributed by atoms with Gasteiger partial charge in [0.05, 0.1) is 34.3 Å². The van der Waals surface area contributed by atoms with E-state index in [1.54, 1.807) is 0 Å². The molecule has 4 aliphatic rings. The molecule has 3 aromatic heterocycles. The third-order valence-electron chi connectivity index (χ3n) is 11.6. The molecule has 4 nitrogen and oxygen atoms in total. The molecule has 10 rings (SSSR count). The van der Waals surface area contributed by atoms with Gasteiger partial charge in [0.1, 0.15) is 0 Å². The molecular formula is C45H38N4. The molecular weight excluding hydrogens is 597 g/mol. The number of fused-ring (bicyclic) bond motifs is 10. The summed E-state index contributed by atoms with van der Waals surface area (Å²) in [7, 11) is 0. The highest BCUT2D eigenvalue weighted by atomic mass is 15.1. The van der Waals surface area contributed by atoms with Crippen LogP contribution in [0.15, 0.2) is 122 Å². The molecule has 0 bridgehead atoms. The minimum Gasteiger partial charge on any atom is -0.371 e. The Morgan fingerprint density at radius 2 is 1.41 bits per heavy atom. The van der Waals surface area contributed by atoms with Crippen LogP contribution in [0, 0.1) is 0 Å². The molecule has 1 N–H and O–H groups in total. The molecule has 0 saturated carbocycles. The fourth-order valence-corrected chi connectivity index (χ4v) is 9.54. The lowest BCUT2D eigenvalue weighted by Gasteiger charge is -2.31. The first kappa shape index (κ1) is 28.5. The first-order valence-corrected chi connectivity index (χ1v) is 17.5. The van der Waals surface area contributed by atoms with Gasteiger partial charge in [0.15, 0.2) is 0 Å². The van der Waals surface area contributed by atoms with Crippen LogP contribution in [0.4, 0.5) is 0 Å². The van der Waals surface area contributed by atoms with E-state index in [0.29, 0.717) is 0 Å². The van der Waals surface area contributed by atoms with Gasteiger partial charge in [-0.15, -0.1) is 0 Å². The Kier molecular flexibility index (Phi) is 5.83. The normalized spacial score (nSPS) is 19.3. The van der Waals surface area contributed by atoms with E-state index in [0.717, 1.165) is 35.6 Å². The minimum atomic E-state index is -0.143. The van der Waals surface area contributed by atoms with Crippen LogP contribution in [0.3, 0.4) is 0 Å². The molecule has 0 fully saturated rings. The SMILES string of the molecule is CC1(C)C2=C(CCc3c2n(C2=CC(c4ccccn4)NC(c4ccccn4)=C2)c2ccc4c(c32)C(C)(C)c2ccccc2-4)c2ccccc21. The van der Waals surface area contributed by atoms with Gasteiger partial charge >= 0.3 is 0 Å². The highest BCUT2D eigenvalue weighted by Gasteiger charge is 2.45. The predicted octanol–water partition coefficient (Wildman–Crippen LogP) is 10.1. The Balaban J connectivity index is 1.32. The molecule has 238 valence electrons. The summed E-state index contributed by atoms with van der Waals surface area (Å²) < 4.78 is 2.60. The molecule has 1 aliphatic heterocycles. The zero-order chi connectivity index (χ0) is 33.1. The summed E-state index contributed by atoms with van der Waals surface area (Å²) in [6.07, 6.45) is 10.5. The van der Waals surface area contributed by atoms with E-state index in [-0.39, 0.29) is 16.9 Å². The third-order valence-corrected chi connectivity index (χ3v) is 11.6. The number of nitrogens with zero attached hydrogens (tertiary/aromatic N) is 3.